The molecule has 1 heterocycles. The lowest BCUT2D eigenvalue weighted by molar-refractivity contribution is -0.140. The summed E-state index contributed by atoms with van der Waals surface area (Å²) in [6.07, 6.45) is 2.03. The van der Waals surface area contributed by atoms with Gasteiger partial charge in [0.1, 0.15) is 12.6 Å². The maximum atomic E-state index is 11.6. The Balaban J connectivity index is 2.57. The van der Waals surface area contributed by atoms with E-state index in [1.807, 2.05) is 6.07 Å². The van der Waals surface area contributed by atoms with Gasteiger partial charge in [-0.2, -0.15) is 5.26 Å². The smallest absolute Gasteiger partial charge is 0.243 e. The number of likely N-dealkylation sites (tertiary alicyclic amines) is 1. The zero-order valence-corrected chi connectivity index (χ0v) is 8.13. The summed E-state index contributed by atoms with van der Waals surface area (Å²) in [6.45, 7) is 0.230. The summed E-state index contributed by atoms with van der Waals surface area (Å²) in [7, 11) is 0. The molecule has 0 N–H and O–H groups in total. The van der Waals surface area contributed by atoms with Gasteiger partial charge in [0, 0.05) is 6.54 Å². The highest BCUT2D eigenvalue weighted by Gasteiger charge is 2.28. The molecule has 0 saturated carbocycles. The molecule has 1 aliphatic rings. The molecule has 6 nitrogen and oxygen atoms in total. The lowest BCUT2D eigenvalue weighted by Gasteiger charge is -2.20. The van der Waals surface area contributed by atoms with Crippen molar-refractivity contribution in [2.45, 2.75) is 18.9 Å². The van der Waals surface area contributed by atoms with Crippen molar-refractivity contribution in [3.63, 3.8) is 0 Å². The number of hydrogen-bond acceptors (Lipinski definition) is 4. The fraction of sp³-hybridized carbons (Fsp3) is 0.556. The van der Waals surface area contributed by atoms with Gasteiger partial charge in [-0.25, -0.2) is 0 Å². The van der Waals surface area contributed by atoms with Crippen LogP contribution in [0.15, 0.2) is 0 Å². The molecule has 0 aromatic carbocycles. The molecule has 1 aliphatic heterocycles. The highest BCUT2D eigenvalue weighted by atomic mass is 16.2. The maximum Gasteiger partial charge on any atom is 0.243 e. The van der Waals surface area contributed by atoms with Gasteiger partial charge < -0.3 is 4.90 Å². The van der Waals surface area contributed by atoms with E-state index < -0.39 is 6.04 Å². The van der Waals surface area contributed by atoms with Crippen molar-refractivity contribution in [3.05, 3.63) is 0 Å². The molecule has 1 saturated heterocycles. The number of carbonyl (C=O) groups is 3. The number of carbonyl (C=O) groups excluding carboxylic acids is 3. The normalized spacial score (nSPS) is 19.4. The van der Waals surface area contributed by atoms with E-state index in [9.17, 15) is 14.4 Å². The first kappa shape index (κ1) is 11.2. The quantitative estimate of drug-likeness (QED) is 0.563. The molecule has 0 bridgehead atoms. The Morgan fingerprint density at radius 1 is 1.53 bits per heavy atom. The van der Waals surface area contributed by atoms with Gasteiger partial charge in [0.15, 0.2) is 0 Å². The lowest BCUT2D eigenvalue weighted by atomic mass is 10.2. The first-order chi connectivity index (χ1) is 7.22. The molecular formula is C9H11N3O3. The summed E-state index contributed by atoms with van der Waals surface area (Å²) in [5.41, 5.74) is 0. The first-order valence-corrected chi connectivity index (χ1v) is 4.58. The summed E-state index contributed by atoms with van der Waals surface area (Å²) < 4.78 is 0. The molecule has 0 aliphatic carbocycles. The number of rotatable bonds is 4. The van der Waals surface area contributed by atoms with Crippen molar-refractivity contribution in [2.75, 3.05) is 13.1 Å². The fourth-order valence-corrected chi connectivity index (χ4v) is 1.55. The molecule has 6 heteroatoms. The van der Waals surface area contributed by atoms with Crippen molar-refractivity contribution in [1.82, 2.24) is 9.80 Å². The number of hydrogen-bond donors (Lipinski definition) is 0. The molecule has 1 fully saturated rings. The predicted octanol–water partition coefficient (Wildman–Crippen LogP) is -0.884. The van der Waals surface area contributed by atoms with Crippen LogP contribution in [-0.4, -0.2) is 47.7 Å². The molecule has 3 amide bonds. The number of amides is 3. The van der Waals surface area contributed by atoms with E-state index in [1.54, 1.807) is 0 Å². The SMILES string of the molecule is N#C[C@@H]1CCCN1C(=O)CN(C=O)C=O. The minimum absolute atomic E-state index is 0.287. The van der Waals surface area contributed by atoms with Crippen LogP contribution < -0.4 is 0 Å². The van der Waals surface area contributed by atoms with Crippen LogP contribution in [0.3, 0.4) is 0 Å². The summed E-state index contributed by atoms with van der Waals surface area (Å²) >= 11 is 0. The highest BCUT2D eigenvalue weighted by molar-refractivity contribution is 5.84. The van der Waals surface area contributed by atoms with E-state index in [0.29, 0.717) is 25.8 Å². The van der Waals surface area contributed by atoms with Crippen LogP contribution in [0.1, 0.15) is 12.8 Å². The van der Waals surface area contributed by atoms with Crippen molar-refractivity contribution < 1.29 is 14.4 Å². The molecule has 0 aromatic heterocycles. The van der Waals surface area contributed by atoms with Crippen LogP contribution in [-0.2, 0) is 14.4 Å². The predicted molar refractivity (Wildman–Crippen MR) is 49.2 cm³/mol. The van der Waals surface area contributed by atoms with Crippen LogP contribution in [0.4, 0.5) is 0 Å². The fourth-order valence-electron chi connectivity index (χ4n) is 1.55. The van der Waals surface area contributed by atoms with Gasteiger partial charge in [0.25, 0.3) is 0 Å². The standard InChI is InChI=1S/C9H11N3O3/c10-4-8-2-1-3-12(8)9(15)5-11(6-13)7-14/h6-8H,1-3,5H2/t8-/m0/s1. The molecule has 0 unspecified atom stereocenters. The topological polar surface area (TPSA) is 81.5 Å². The summed E-state index contributed by atoms with van der Waals surface area (Å²) in [4.78, 5) is 34.3. The minimum atomic E-state index is -0.419. The van der Waals surface area contributed by atoms with Gasteiger partial charge >= 0.3 is 0 Å². The van der Waals surface area contributed by atoms with Crippen molar-refractivity contribution >= 4 is 18.7 Å². The molecular weight excluding hydrogens is 198 g/mol. The Kier molecular flexibility index (Phi) is 3.80. The van der Waals surface area contributed by atoms with Crippen molar-refractivity contribution in [3.8, 4) is 6.07 Å². The van der Waals surface area contributed by atoms with Crippen molar-refractivity contribution in [2.24, 2.45) is 0 Å². The zero-order chi connectivity index (χ0) is 11.3. The van der Waals surface area contributed by atoms with E-state index in [0.717, 1.165) is 11.3 Å². The average Bonchev–Trinajstić information content (AvgIpc) is 2.73. The second kappa shape index (κ2) is 5.10. The van der Waals surface area contributed by atoms with Crippen LogP contribution in [0.2, 0.25) is 0 Å². The third-order valence-corrected chi connectivity index (χ3v) is 2.31. The van der Waals surface area contributed by atoms with Gasteiger partial charge in [0.2, 0.25) is 18.7 Å². The minimum Gasteiger partial charge on any atom is -0.325 e. The van der Waals surface area contributed by atoms with Crippen LogP contribution in [0.5, 0.6) is 0 Å². The van der Waals surface area contributed by atoms with E-state index >= 15 is 0 Å². The Bertz CT molecular complexity index is 302. The van der Waals surface area contributed by atoms with Crippen LogP contribution in [0, 0.1) is 11.3 Å². The second-order valence-corrected chi connectivity index (χ2v) is 3.26. The number of nitriles is 1. The third-order valence-electron chi connectivity index (χ3n) is 2.31. The van der Waals surface area contributed by atoms with Gasteiger partial charge in [-0.15, -0.1) is 0 Å². The lowest BCUT2D eigenvalue weighted by Crippen LogP contribution is -2.41. The largest absolute Gasteiger partial charge is 0.325 e. The van der Waals surface area contributed by atoms with E-state index in [-0.39, 0.29) is 12.5 Å². The Labute approximate surface area is 87.0 Å². The Morgan fingerprint density at radius 2 is 2.20 bits per heavy atom. The summed E-state index contributed by atoms with van der Waals surface area (Å²) in [6, 6.07) is 1.60. The Morgan fingerprint density at radius 3 is 2.73 bits per heavy atom. The van der Waals surface area contributed by atoms with Gasteiger partial charge in [-0.1, -0.05) is 0 Å². The molecule has 0 spiro atoms. The number of nitrogens with zero attached hydrogens (tertiary/aromatic N) is 3. The summed E-state index contributed by atoms with van der Waals surface area (Å²) in [5.74, 6) is -0.363. The zero-order valence-electron chi connectivity index (χ0n) is 8.13. The maximum absolute atomic E-state index is 11.6. The van der Waals surface area contributed by atoms with E-state index in [4.69, 9.17) is 5.26 Å². The van der Waals surface area contributed by atoms with E-state index in [2.05, 4.69) is 0 Å². The Hall–Kier alpha value is -1.90. The van der Waals surface area contributed by atoms with Gasteiger partial charge in [-0.05, 0) is 12.8 Å². The van der Waals surface area contributed by atoms with Crippen molar-refractivity contribution in [1.29, 1.82) is 5.26 Å². The van der Waals surface area contributed by atoms with Gasteiger partial charge in [-0.3, -0.25) is 19.3 Å². The van der Waals surface area contributed by atoms with Gasteiger partial charge in [0.05, 0.1) is 6.07 Å². The molecule has 0 aromatic rings. The van der Waals surface area contributed by atoms with Crippen LogP contribution >= 0.6 is 0 Å². The second-order valence-electron chi connectivity index (χ2n) is 3.26. The molecule has 1 rings (SSSR count). The highest BCUT2D eigenvalue weighted by Crippen LogP contribution is 2.16. The molecule has 80 valence electrons. The molecule has 0 radical (unpaired) electrons. The summed E-state index contributed by atoms with van der Waals surface area (Å²) in [5, 5.41) is 8.74. The first-order valence-electron chi connectivity index (χ1n) is 4.58. The number of imide groups is 1. The van der Waals surface area contributed by atoms with Crippen LogP contribution in [0.25, 0.3) is 0 Å². The molecule has 1 atom stereocenters. The van der Waals surface area contributed by atoms with E-state index in [1.165, 1.54) is 4.90 Å². The monoisotopic (exact) mass is 209 g/mol. The third kappa shape index (κ3) is 2.53. The average molecular weight is 209 g/mol. The molecule has 15 heavy (non-hydrogen) atoms.